The molecule has 1 fully saturated rings. The van der Waals surface area contributed by atoms with E-state index in [-0.39, 0.29) is 12.3 Å². The molecule has 4 nitrogen and oxygen atoms in total. The number of carboxylic acid groups (broad SMARTS) is 1. The summed E-state index contributed by atoms with van der Waals surface area (Å²) < 4.78 is 0. The van der Waals surface area contributed by atoms with Crippen molar-refractivity contribution in [3.8, 4) is 0 Å². The quantitative estimate of drug-likeness (QED) is 0.566. The van der Waals surface area contributed by atoms with Crippen molar-refractivity contribution in [3.63, 3.8) is 0 Å². The minimum Gasteiger partial charge on any atom is -0.481 e. The lowest BCUT2D eigenvalue weighted by Crippen LogP contribution is -2.29. The van der Waals surface area contributed by atoms with Crippen LogP contribution in [0, 0.1) is 11.8 Å². The maximum Gasteiger partial charge on any atom is 0.303 e. The molecule has 1 aromatic rings. The molecule has 0 aliphatic heterocycles. The molecule has 2 rings (SSSR count). The molecule has 1 saturated carbocycles. The maximum atomic E-state index is 11.0. The minimum atomic E-state index is -0.716. The first-order chi connectivity index (χ1) is 9.75. The van der Waals surface area contributed by atoms with Gasteiger partial charge in [-0.25, -0.2) is 5.48 Å². The van der Waals surface area contributed by atoms with Crippen LogP contribution in [0.3, 0.4) is 0 Å². The van der Waals surface area contributed by atoms with Crippen LogP contribution in [0.15, 0.2) is 30.3 Å². The normalized spacial score (nSPS) is 17.2. The summed E-state index contributed by atoms with van der Waals surface area (Å²) in [7, 11) is 0. The lowest BCUT2D eigenvalue weighted by Gasteiger charge is -2.22. The van der Waals surface area contributed by atoms with Gasteiger partial charge in [-0.2, -0.15) is 0 Å². The van der Waals surface area contributed by atoms with E-state index in [2.05, 4.69) is 5.48 Å². The van der Waals surface area contributed by atoms with Gasteiger partial charge >= 0.3 is 5.97 Å². The van der Waals surface area contributed by atoms with Crippen LogP contribution in [-0.4, -0.2) is 17.6 Å². The van der Waals surface area contributed by atoms with E-state index >= 15 is 0 Å². The van der Waals surface area contributed by atoms with Crippen LogP contribution >= 0.6 is 0 Å². The molecule has 1 aromatic carbocycles. The SMILES string of the molecule is O=C(O)CC(CNOCc1ccccc1)C1CCCC1. The van der Waals surface area contributed by atoms with E-state index in [0.29, 0.717) is 19.1 Å². The second-order valence-electron chi connectivity index (χ2n) is 5.53. The van der Waals surface area contributed by atoms with Gasteiger partial charge in [0.2, 0.25) is 0 Å². The van der Waals surface area contributed by atoms with Crippen LogP contribution in [0.1, 0.15) is 37.7 Å². The fraction of sp³-hybridized carbons (Fsp3) is 0.562. The van der Waals surface area contributed by atoms with E-state index in [0.717, 1.165) is 18.4 Å². The van der Waals surface area contributed by atoms with Crippen molar-refractivity contribution in [1.82, 2.24) is 5.48 Å². The smallest absolute Gasteiger partial charge is 0.303 e. The highest BCUT2D eigenvalue weighted by atomic mass is 16.6. The third-order valence-electron chi connectivity index (χ3n) is 4.03. The van der Waals surface area contributed by atoms with E-state index in [1.807, 2.05) is 30.3 Å². The van der Waals surface area contributed by atoms with Gasteiger partial charge < -0.3 is 5.11 Å². The Balaban J connectivity index is 1.72. The van der Waals surface area contributed by atoms with Gasteiger partial charge in [0, 0.05) is 13.0 Å². The zero-order chi connectivity index (χ0) is 14.2. The lowest BCUT2D eigenvalue weighted by molar-refractivity contribution is -0.138. The van der Waals surface area contributed by atoms with Crippen molar-refractivity contribution in [2.75, 3.05) is 6.54 Å². The number of carbonyl (C=O) groups is 1. The van der Waals surface area contributed by atoms with Gasteiger partial charge in [0.1, 0.15) is 0 Å². The zero-order valence-corrected chi connectivity index (χ0v) is 11.8. The van der Waals surface area contributed by atoms with Crippen LogP contribution < -0.4 is 5.48 Å². The van der Waals surface area contributed by atoms with Crippen LogP contribution in [0.2, 0.25) is 0 Å². The third-order valence-corrected chi connectivity index (χ3v) is 4.03. The molecule has 0 bridgehead atoms. The van der Waals surface area contributed by atoms with Crippen molar-refractivity contribution >= 4 is 5.97 Å². The molecule has 1 unspecified atom stereocenters. The van der Waals surface area contributed by atoms with Gasteiger partial charge in [-0.15, -0.1) is 0 Å². The van der Waals surface area contributed by atoms with Gasteiger partial charge in [-0.1, -0.05) is 56.0 Å². The summed E-state index contributed by atoms with van der Waals surface area (Å²) in [5, 5.41) is 9.01. The van der Waals surface area contributed by atoms with Gasteiger partial charge in [-0.05, 0) is 17.4 Å². The first-order valence-corrected chi connectivity index (χ1v) is 7.36. The number of hydroxylamine groups is 1. The molecule has 0 radical (unpaired) electrons. The number of benzene rings is 1. The van der Waals surface area contributed by atoms with Gasteiger partial charge in [-0.3, -0.25) is 9.63 Å². The summed E-state index contributed by atoms with van der Waals surface area (Å²) in [6.07, 6.45) is 4.99. The van der Waals surface area contributed by atoms with E-state index in [4.69, 9.17) is 9.94 Å². The molecular formula is C16H23NO3. The molecule has 110 valence electrons. The number of hydrogen-bond donors (Lipinski definition) is 2. The lowest BCUT2D eigenvalue weighted by atomic mass is 9.88. The second kappa shape index (κ2) is 8.02. The number of nitrogens with one attached hydrogen (secondary N) is 1. The highest BCUT2D eigenvalue weighted by Gasteiger charge is 2.26. The topological polar surface area (TPSA) is 58.6 Å². The molecule has 0 amide bonds. The molecule has 1 aliphatic rings. The fourth-order valence-corrected chi connectivity index (χ4v) is 2.93. The number of carboxylic acids is 1. The molecule has 4 heteroatoms. The number of aliphatic carboxylic acids is 1. The average Bonchev–Trinajstić information content (AvgIpc) is 2.97. The maximum absolute atomic E-state index is 11.0. The summed E-state index contributed by atoms with van der Waals surface area (Å²) in [5.74, 6) is -0.0172. The molecule has 1 atom stereocenters. The Hall–Kier alpha value is -1.39. The van der Waals surface area contributed by atoms with Gasteiger partial charge in [0.05, 0.1) is 6.61 Å². The van der Waals surface area contributed by atoms with Crippen molar-refractivity contribution in [3.05, 3.63) is 35.9 Å². The minimum absolute atomic E-state index is 0.172. The predicted molar refractivity (Wildman–Crippen MR) is 76.9 cm³/mol. The largest absolute Gasteiger partial charge is 0.481 e. The Morgan fingerprint density at radius 2 is 2.00 bits per heavy atom. The first kappa shape index (κ1) is 15.0. The summed E-state index contributed by atoms with van der Waals surface area (Å²) in [6.45, 7) is 1.12. The predicted octanol–water partition coefficient (Wildman–Crippen LogP) is 2.99. The summed E-state index contributed by atoms with van der Waals surface area (Å²) >= 11 is 0. The second-order valence-corrected chi connectivity index (χ2v) is 5.53. The van der Waals surface area contributed by atoms with E-state index in [1.165, 1.54) is 12.8 Å². The number of hydrogen-bond acceptors (Lipinski definition) is 3. The molecule has 0 spiro atoms. The Morgan fingerprint density at radius 1 is 1.30 bits per heavy atom. The van der Waals surface area contributed by atoms with Crippen LogP contribution in [-0.2, 0) is 16.2 Å². The van der Waals surface area contributed by atoms with Crippen molar-refractivity contribution in [2.24, 2.45) is 11.8 Å². The summed E-state index contributed by atoms with van der Waals surface area (Å²) in [5.41, 5.74) is 4.06. The summed E-state index contributed by atoms with van der Waals surface area (Å²) in [4.78, 5) is 16.4. The molecule has 2 N–H and O–H groups in total. The third kappa shape index (κ3) is 4.94. The van der Waals surface area contributed by atoms with Crippen LogP contribution in [0.25, 0.3) is 0 Å². The Bertz CT molecular complexity index is 401. The van der Waals surface area contributed by atoms with Crippen LogP contribution in [0.4, 0.5) is 0 Å². The Kier molecular flexibility index (Phi) is 6.02. The molecular weight excluding hydrogens is 254 g/mol. The van der Waals surface area contributed by atoms with E-state index in [1.54, 1.807) is 0 Å². The van der Waals surface area contributed by atoms with Crippen molar-refractivity contribution < 1.29 is 14.7 Å². The monoisotopic (exact) mass is 277 g/mol. The van der Waals surface area contributed by atoms with Crippen molar-refractivity contribution in [1.29, 1.82) is 0 Å². The fourth-order valence-electron chi connectivity index (χ4n) is 2.93. The molecule has 20 heavy (non-hydrogen) atoms. The molecule has 0 heterocycles. The highest BCUT2D eigenvalue weighted by Crippen LogP contribution is 2.32. The zero-order valence-electron chi connectivity index (χ0n) is 11.8. The van der Waals surface area contributed by atoms with E-state index in [9.17, 15) is 4.79 Å². The van der Waals surface area contributed by atoms with Crippen molar-refractivity contribution in [2.45, 2.75) is 38.7 Å². The molecule has 0 aromatic heterocycles. The standard InChI is InChI=1S/C16H23NO3/c18-16(19)10-15(14-8-4-5-9-14)11-17-20-12-13-6-2-1-3-7-13/h1-3,6-7,14-15,17H,4-5,8-12H2,(H,18,19). The van der Waals surface area contributed by atoms with Gasteiger partial charge in [0.15, 0.2) is 0 Å². The molecule has 1 aliphatic carbocycles. The molecule has 0 saturated heterocycles. The highest BCUT2D eigenvalue weighted by molar-refractivity contribution is 5.67. The van der Waals surface area contributed by atoms with Crippen LogP contribution in [0.5, 0.6) is 0 Å². The number of rotatable bonds is 8. The summed E-state index contributed by atoms with van der Waals surface area (Å²) in [6, 6.07) is 9.94. The Labute approximate surface area is 120 Å². The Morgan fingerprint density at radius 3 is 2.65 bits per heavy atom. The first-order valence-electron chi connectivity index (χ1n) is 7.36. The average molecular weight is 277 g/mol. The van der Waals surface area contributed by atoms with E-state index < -0.39 is 5.97 Å². The van der Waals surface area contributed by atoms with Gasteiger partial charge in [0.25, 0.3) is 0 Å².